The summed E-state index contributed by atoms with van der Waals surface area (Å²) in [5.74, 6) is 0. The Kier molecular flexibility index (Phi) is 2.81. The Balaban J connectivity index is 2.07. The van der Waals surface area contributed by atoms with E-state index in [0.717, 1.165) is 22.3 Å². The summed E-state index contributed by atoms with van der Waals surface area (Å²) in [4.78, 5) is 10.2. The smallest absolute Gasteiger partial charge is 0.0890 e. The monoisotopic (exact) mass is 255 g/mol. The van der Waals surface area contributed by atoms with Gasteiger partial charge in [-0.3, -0.25) is 4.98 Å². The number of hydrogen-bond acceptors (Lipinski definition) is 4. The molecule has 2 heterocycles. The molecule has 0 bridgehead atoms. The number of aryl methyl sites for hydroxylation is 1. The Morgan fingerprint density at radius 3 is 2.67 bits per heavy atom. The van der Waals surface area contributed by atoms with E-state index in [2.05, 4.69) is 28.3 Å². The van der Waals surface area contributed by atoms with Gasteiger partial charge in [-0.05, 0) is 36.1 Å². The SMILES string of the molecule is Cc1sccc1C(N)c1cnc2ccccc2n1. The Morgan fingerprint density at radius 1 is 1.17 bits per heavy atom. The Hall–Kier alpha value is -1.78. The van der Waals surface area contributed by atoms with Gasteiger partial charge in [-0.25, -0.2) is 4.98 Å². The van der Waals surface area contributed by atoms with Gasteiger partial charge in [0.2, 0.25) is 0 Å². The van der Waals surface area contributed by atoms with Crippen LogP contribution in [0.5, 0.6) is 0 Å². The highest BCUT2D eigenvalue weighted by Crippen LogP contribution is 2.25. The first-order valence-corrected chi connectivity index (χ1v) is 6.65. The number of aromatic nitrogens is 2. The number of para-hydroxylation sites is 2. The number of nitrogens with zero attached hydrogens (tertiary/aromatic N) is 2. The van der Waals surface area contributed by atoms with Crippen molar-refractivity contribution in [2.24, 2.45) is 5.73 Å². The zero-order valence-electron chi connectivity index (χ0n) is 10.00. The number of fused-ring (bicyclic) bond motifs is 1. The molecule has 18 heavy (non-hydrogen) atoms. The molecular formula is C14H13N3S. The van der Waals surface area contributed by atoms with Gasteiger partial charge >= 0.3 is 0 Å². The summed E-state index contributed by atoms with van der Waals surface area (Å²) in [6.07, 6.45) is 1.77. The van der Waals surface area contributed by atoms with Crippen molar-refractivity contribution in [1.82, 2.24) is 9.97 Å². The Labute approximate surface area is 109 Å². The minimum atomic E-state index is -0.201. The number of hydrogen-bond donors (Lipinski definition) is 1. The zero-order chi connectivity index (χ0) is 12.5. The van der Waals surface area contributed by atoms with E-state index >= 15 is 0 Å². The van der Waals surface area contributed by atoms with Crippen LogP contribution in [0.15, 0.2) is 41.9 Å². The van der Waals surface area contributed by atoms with Gasteiger partial charge in [-0.15, -0.1) is 11.3 Å². The third-order valence-corrected chi connectivity index (χ3v) is 3.88. The second-order valence-corrected chi connectivity index (χ2v) is 5.31. The fourth-order valence-corrected chi connectivity index (χ4v) is 2.75. The van der Waals surface area contributed by atoms with Crippen LogP contribution in [-0.2, 0) is 0 Å². The molecule has 0 aliphatic heterocycles. The van der Waals surface area contributed by atoms with E-state index in [-0.39, 0.29) is 6.04 Å². The first kappa shape index (κ1) is 11.3. The molecule has 0 saturated carbocycles. The number of thiophene rings is 1. The standard InChI is InChI=1S/C14H13N3S/c1-9-10(6-7-18-9)14(15)13-8-16-11-4-2-3-5-12(11)17-13/h2-8,14H,15H2,1H3. The average Bonchev–Trinajstić information content (AvgIpc) is 2.83. The third kappa shape index (κ3) is 1.89. The summed E-state index contributed by atoms with van der Waals surface area (Å²) < 4.78 is 0. The lowest BCUT2D eigenvalue weighted by Crippen LogP contribution is -2.14. The Morgan fingerprint density at radius 2 is 1.94 bits per heavy atom. The fraction of sp³-hybridized carbons (Fsp3) is 0.143. The molecule has 0 amide bonds. The molecule has 3 rings (SSSR count). The number of rotatable bonds is 2. The summed E-state index contributed by atoms with van der Waals surface area (Å²) in [6, 6.07) is 9.68. The van der Waals surface area contributed by atoms with Crippen molar-refractivity contribution < 1.29 is 0 Å². The number of nitrogens with two attached hydrogens (primary N) is 1. The van der Waals surface area contributed by atoms with Crippen molar-refractivity contribution in [3.05, 3.63) is 58.0 Å². The number of benzene rings is 1. The van der Waals surface area contributed by atoms with Gasteiger partial charge < -0.3 is 5.73 Å². The quantitative estimate of drug-likeness (QED) is 0.765. The molecule has 3 aromatic rings. The molecule has 0 aliphatic carbocycles. The maximum Gasteiger partial charge on any atom is 0.0890 e. The van der Waals surface area contributed by atoms with Crippen LogP contribution in [0.25, 0.3) is 11.0 Å². The lowest BCUT2D eigenvalue weighted by Gasteiger charge is -2.11. The largest absolute Gasteiger partial charge is 0.319 e. The molecule has 0 radical (unpaired) electrons. The van der Waals surface area contributed by atoms with Crippen LogP contribution in [0, 0.1) is 6.92 Å². The van der Waals surface area contributed by atoms with Crippen LogP contribution in [0.2, 0.25) is 0 Å². The van der Waals surface area contributed by atoms with Crippen LogP contribution in [-0.4, -0.2) is 9.97 Å². The maximum atomic E-state index is 6.26. The van der Waals surface area contributed by atoms with E-state index in [1.54, 1.807) is 17.5 Å². The van der Waals surface area contributed by atoms with Gasteiger partial charge in [0.1, 0.15) is 0 Å². The van der Waals surface area contributed by atoms with Crippen LogP contribution < -0.4 is 5.73 Å². The van der Waals surface area contributed by atoms with Crippen molar-refractivity contribution >= 4 is 22.4 Å². The topological polar surface area (TPSA) is 51.8 Å². The molecule has 0 aliphatic rings. The zero-order valence-corrected chi connectivity index (χ0v) is 10.8. The molecule has 2 N–H and O–H groups in total. The first-order chi connectivity index (χ1) is 8.75. The summed E-state index contributed by atoms with van der Waals surface area (Å²) >= 11 is 1.70. The van der Waals surface area contributed by atoms with Crippen LogP contribution in [0.1, 0.15) is 22.2 Å². The average molecular weight is 255 g/mol. The molecule has 0 saturated heterocycles. The predicted molar refractivity (Wildman–Crippen MR) is 74.6 cm³/mol. The van der Waals surface area contributed by atoms with Crippen LogP contribution >= 0.6 is 11.3 Å². The van der Waals surface area contributed by atoms with Gasteiger partial charge in [-0.1, -0.05) is 12.1 Å². The van der Waals surface area contributed by atoms with Crippen molar-refractivity contribution in [3.63, 3.8) is 0 Å². The molecule has 3 nitrogen and oxygen atoms in total. The highest BCUT2D eigenvalue weighted by atomic mass is 32.1. The van der Waals surface area contributed by atoms with E-state index in [4.69, 9.17) is 5.73 Å². The van der Waals surface area contributed by atoms with E-state index in [1.165, 1.54) is 4.88 Å². The normalized spacial score (nSPS) is 12.8. The van der Waals surface area contributed by atoms with Crippen LogP contribution in [0.3, 0.4) is 0 Å². The Bertz CT molecular complexity index is 690. The van der Waals surface area contributed by atoms with Crippen LogP contribution in [0.4, 0.5) is 0 Å². The first-order valence-electron chi connectivity index (χ1n) is 5.77. The molecule has 90 valence electrons. The highest BCUT2D eigenvalue weighted by Gasteiger charge is 2.14. The van der Waals surface area contributed by atoms with E-state index < -0.39 is 0 Å². The molecule has 2 aromatic heterocycles. The van der Waals surface area contributed by atoms with E-state index in [1.807, 2.05) is 24.3 Å². The highest BCUT2D eigenvalue weighted by molar-refractivity contribution is 7.10. The minimum Gasteiger partial charge on any atom is -0.319 e. The summed E-state index contributed by atoms with van der Waals surface area (Å²) in [7, 11) is 0. The van der Waals surface area contributed by atoms with Crippen molar-refractivity contribution in [2.75, 3.05) is 0 Å². The van der Waals surface area contributed by atoms with Gasteiger partial charge in [0, 0.05) is 4.88 Å². The molecule has 0 fully saturated rings. The van der Waals surface area contributed by atoms with E-state index in [0.29, 0.717) is 0 Å². The molecule has 1 aromatic carbocycles. The molecule has 1 unspecified atom stereocenters. The van der Waals surface area contributed by atoms with Gasteiger partial charge in [0.25, 0.3) is 0 Å². The van der Waals surface area contributed by atoms with Crippen molar-refractivity contribution in [3.8, 4) is 0 Å². The van der Waals surface area contributed by atoms with E-state index in [9.17, 15) is 0 Å². The van der Waals surface area contributed by atoms with Crippen molar-refractivity contribution in [1.29, 1.82) is 0 Å². The molecule has 4 heteroatoms. The maximum absolute atomic E-state index is 6.26. The molecule has 1 atom stereocenters. The van der Waals surface area contributed by atoms with Crippen molar-refractivity contribution in [2.45, 2.75) is 13.0 Å². The van der Waals surface area contributed by atoms with Gasteiger partial charge in [-0.2, -0.15) is 0 Å². The van der Waals surface area contributed by atoms with Gasteiger partial charge in [0.15, 0.2) is 0 Å². The second kappa shape index (κ2) is 4.48. The second-order valence-electron chi connectivity index (χ2n) is 4.19. The summed E-state index contributed by atoms with van der Waals surface area (Å²) in [5.41, 5.74) is 9.99. The fourth-order valence-electron chi connectivity index (χ4n) is 2.00. The van der Waals surface area contributed by atoms with Gasteiger partial charge in [0.05, 0.1) is 29.0 Å². The predicted octanol–water partition coefficient (Wildman–Crippen LogP) is 3.05. The minimum absolute atomic E-state index is 0.201. The molecular weight excluding hydrogens is 242 g/mol. The lowest BCUT2D eigenvalue weighted by atomic mass is 10.1. The third-order valence-electron chi connectivity index (χ3n) is 3.02. The molecule has 0 spiro atoms. The lowest BCUT2D eigenvalue weighted by molar-refractivity contribution is 0.826. The summed E-state index contributed by atoms with van der Waals surface area (Å²) in [6.45, 7) is 2.08. The summed E-state index contributed by atoms with van der Waals surface area (Å²) in [5, 5.41) is 2.05.